The monoisotopic (exact) mass is 218 g/mol. The van der Waals surface area contributed by atoms with Crippen LogP contribution in [0.15, 0.2) is 24.3 Å². The zero-order valence-corrected chi connectivity index (χ0v) is 9.77. The van der Waals surface area contributed by atoms with Gasteiger partial charge in [-0.3, -0.25) is 0 Å². The first-order chi connectivity index (χ1) is 7.61. The van der Waals surface area contributed by atoms with Crippen molar-refractivity contribution in [3.8, 4) is 6.07 Å². The average Bonchev–Trinajstić information content (AvgIpc) is 2.26. The number of nitrogens with zero attached hydrogens (tertiary/aromatic N) is 1. The predicted octanol–water partition coefficient (Wildman–Crippen LogP) is 1.81. The summed E-state index contributed by atoms with van der Waals surface area (Å²) in [5.74, 6) is 0. The summed E-state index contributed by atoms with van der Waals surface area (Å²) in [4.78, 5) is 0. The van der Waals surface area contributed by atoms with Gasteiger partial charge in [0.1, 0.15) is 0 Å². The van der Waals surface area contributed by atoms with Crippen molar-refractivity contribution in [2.75, 3.05) is 0 Å². The van der Waals surface area contributed by atoms with Crippen molar-refractivity contribution >= 4 is 0 Å². The van der Waals surface area contributed by atoms with E-state index in [2.05, 4.69) is 11.4 Å². The van der Waals surface area contributed by atoms with Gasteiger partial charge in [0.2, 0.25) is 0 Å². The number of hydrogen-bond donors (Lipinski definition) is 2. The Morgan fingerprint density at radius 3 is 2.81 bits per heavy atom. The summed E-state index contributed by atoms with van der Waals surface area (Å²) < 4.78 is 0. The third kappa shape index (κ3) is 4.43. The third-order valence-electron chi connectivity index (χ3n) is 2.41. The molecule has 0 saturated heterocycles. The summed E-state index contributed by atoms with van der Waals surface area (Å²) in [6.45, 7) is 4.55. The fraction of sp³-hybridized carbons (Fsp3) is 0.462. The fourth-order valence-corrected chi connectivity index (χ4v) is 1.64. The highest BCUT2D eigenvalue weighted by molar-refractivity contribution is 5.32. The molecule has 0 spiro atoms. The molecule has 0 bridgehead atoms. The van der Waals surface area contributed by atoms with Crippen LogP contribution in [-0.4, -0.2) is 17.3 Å². The van der Waals surface area contributed by atoms with Crippen LogP contribution in [0.4, 0.5) is 0 Å². The lowest BCUT2D eigenvalue weighted by Gasteiger charge is -2.15. The summed E-state index contributed by atoms with van der Waals surface area (Å²) in [6, 6.07) is 9.93. The number of rotatable bonds is 5. The van der Waals surface area contributed by atoms with Crippen LogP contribution in [0.25, 0.3) is 0 Å². The normalized spacial score (nSPS) is 14.1. The Hall–Kier alpha value is -1.37. The second-order valence-electron chi connectivity index (χ2n) is 4.18. The lowest BCUT2D eigenvalue weighted by Crippen LogP contribution is -2.28. The molecule has 0 aliphatic rings. The minimum atomic E-state index is -0.284. The molecular formula is C13H18N2O. The molecule has 0 aliphatic carbocycles. The lowest BCUT2D eigenvalue weighted by atomic mass is 10.1. The molecule has 0 amide bonds. The van der Waals surface area contributed by atoms with E-state index in [9.17, 15) is 5.11 Å². The van der Waals surface area contributed by atoms with Crippen LogP contribution in [0, 0.1) is 11.3 Å². The molecule has 1 aromatic rings. The zero-order valence-electron chi connectivity index (χ0n) is 9.77. The molecule has 3 heteroatoms. The third-order valence-corrected chi connectivity index (χ3v) is 2.41. The Kier molecular flexibility index (Phi) is 4.97. The van der Waals surface area contributed by atoms with E-state index in [1.54, 1.807) is 13.0 Å². The van der Waals surface area contributed by atoms with Gasteiger partial charge in [0.05, 0.1) is 17.7 Å². The van der Waals surface area contributed by atoms with Crippen molar-refractivity contribution in [1.82, 2.24) is 5.32 Å². The van der Waals surface area contributed by atoms with E-state index >= 15 is 0 Å². The number of benzene rings is 1. The first-order valence-corrected chi connectivity index (χ1v) is 5.52. The number of aliphatic hydroxyl groups excluding tert-OH is 1. The summed E-state index contributed by atoms with van der Waals surface area (Å²) in [6.07, 6.45) is 0.450. The van der Waals surface area contributed by atoms with Gasteiger partial charge in [-0.25, -0.2) is 0 Å². The van der Waals surface area contributed by atoms with E-state index in [-0.39, 0.29) is 12.1 Å². The first kappa shape index (κ1) is 12.7. The molecule has 3 nitrogen and oxygen atoms in total. The molecule has 0 aliphatic heterocycles. The van der Waals surface area contributed by atoms with E-state index in [1.807, 2.05) is 25.1 Å². The van der Waals surface area contributed by atoms with Crippen LogP contribution < -0.4 is 5.32 Å². The Morgan fingerprint density at radius 2 is 2.19 bits per heavy atom. The van der Waals surface area contributed by atoms with Gasteiger partial charge in [0, 0.05) is 12.6 Å². The molecule has 0 radical (unpaired) electrons. The van der Waals surface area contributed by atoms with Gasteiger partial charge in [-0.2, -0.15) is 5.26 Å². The van der Waals surface area contributed by atoms with Crippen LogP contribution in [-0.2, 0) is 6.54 Å². The van der Waals surface area contributed by atoms with Crippen molar-refractivity contribution < 1.29 is 5.11 Å². The Balaban J connectivity index is 2.45. The van der Waals surface area contributed by atoms with Gasteiger partial charge in [-0.1, -0.05) is 12.1 Å². The molecule has 16 heavy (non-hydrogen) atoms. The Labute approximate surface area is 96.7 Å². The molecule has 0 saturated carbocycles. The number of nitrogens with one attached hydrogen (secondary N) is 1. The van der Waals surface area contributed by atoms with E-state index in [0.29, 0.717) is 5.56 Å². The van der Waals surface area contributed by atoms with Crippen molar-refractivity contribution in [1.29, 1.82) is 5.26 Å². The molecule has 2 unspecified atom stereocenters. The Morgan fingerprint density at radius 1 is 1.44 bits per heavy atom. The number of nitriles is 1. The molecule has 0 heterocycles. The van der Waals surface area contributed by atoms with E-state index in [0.717, 1.165) is 18.5 Å². The minimum Gasteiger partial charge on any atom is -0.393 e. The highest BCUT2D eigenvalue weighted by Crippen LogP contribution is 2.05. The maximum atomic E-state index is 9.22. The van der Waals surface area contributed by atoms with Crippen LogP contribution in [0.1, 0.15) is 31.4 Å². The van der Waals surface area contributed by atoms with Crippen molar-refractivity contribution in [3.63, 3.8) is 0 Å². The van der Waals surface area contributed by atoms with E-state index < -0.39 is 0 Å². The van der Waals surface area contributed by atoms with Gasteiger partial charge in [0.15, 0.2) is 0 Å². The quantitative estimate of drug-likeness (QED) is 0.792. The summed E-state index contributed by atoms with van der Waals surface area (Å²) in [5.41, 5.74) is 1.78. The standard InChI is InChI=1S/C13H18N2O/c1-10(6-11(2)16)15-9-13-5-3-4-12(7-13)8-14/h3-5,7,10-11,15-16H,6,9H2,1-2H3. The SMILES string of the molecule is CC(O)CC(C)NCc1cccc(C#N)c1. The van der Waals surface area contributed by atoms with Crippen LogP contribution >= 0.6 is 0 Å². The summed E-state index contributed by atoms with van der Waals surface area (Å²) in [7, 11) is 0. The van der Waals surface area contributed by atoms with Gasteiger partial charge in [-0.05, 0) is 38.0 Å². The van der Waals surface area contributed by atoms with Crippen molar-refractivity contribution in [2.45, 2.75) is 39.0 Å². The van der Waals surface area contributed by atoms with E-state index in [1.165, 1.54) is 0 Å². The summed E-state index contributed by atoms with van der Waals surface area (Å²) in [5, 5.41) is 21.3. The van der Waals surface area contributed by atoms with E-state index in [4.69, 9.17) is 5.26 Å². The smallest absolute Gasteiger partial charge is 0.0991 e. The molecule has 2 N–H and O–H groups in total. The maximum absolute atomic E-state index is 9.22. The highest BCUT2D eigenvalue weighted by Gasteiger charge is 2.05. The molecule has 0 fully saturated rings. The maximum Gasteiger partial charge on any atom is 0.0991 e. The van der Waals surface area contributed by atoms with Crippen LogP contribution in [0.3, 0.4) is 0 Å². The molecule has 1 rings (SSSR count). The topological polar surface area (TPSA) is 56.0 Å². The predicted molar refractivity (Wildman–Crippen MR) is 63.8 cm³/mol. The average molecular weight is 218 g/mol. The molecule has 0 aromatic heterocycles. The minimum absolute atomic E-state index is 0.269. The van der Waals surface area contributed by atoms with Gasteiger partial charge in [-0.15, -0.1) is 0 Å². The van der Waals surface area contributed by atoms with Crippen molar-refractivity contribution in [3.05, 3.63) is 35.4 Å². The molecule has 2 atom stereocenters. The second kappa shape index (κ2) is 6.26. The fourth-order valence-electron chi connectivity index (χ4n) is 1.64. The first-order valence-electron chi connectivity index (χ1n) is 5.52. The lowest BCUT2D eigenvalue weighted by molar-refractivity contribution is 0.170. The second-order valence-corrected chi connectivity index (χ2v) is 4.18. The molecule has 86 valence electrons. The van der Waals surface area contributed by atoms with Gasteiger partial charge in [0.25, 0.3) is 0 Å². The molecular weight excluding hydrogens is 200 g/mol. The number of hydrogen-bond acceptors (Lipinski definition) is 3. The number of aliphatic hydroxyl groups is 1. The van der Waals surface area contributed by atoms with Gasteiger partial charge < -0.3 is 10.4 Å². The molecule has 1 aromatic carbocycles. The van der Waals surface area contributed by atoms with Crippen LogP contribution in [0.2, 0.25) is 0 Å². The Bertz CT molecular complexity index is 368. The van der Waals surface area contributed by atoms with Crippen molar-refractivity contribution in [2.24, 2.45) is 0 Å². The highest BCUT2D eigenvalue weighted by atomic mass is 16.3. The van der Waals surface area contributed by atoms with Crippen LogP contribution in [0.5, 0.6) is 0 Å². The zero-order chi connectivity index (χ0) is 12.0. The largest absolute Gasteiger partial charge is 0.393 e. The van der Waals surface area contributed by atoms with Gasteiger partial charge >= 0.3 is 0 Å². The summed E-state index contributed by atoms with van der Waals surface area (Å²) >= 11 is 0.